The van der Waals surface area contributed by atoms with Gasteiger partial charge < -0.3 is 19.9 Å². The fourth-order valence-corrected chi connectivity index (χ4v) is 5.40. The Hall–Kier alpha value is -3.45. The summed E-state index contributed by atoms with van der Waals surface area (Å²) in [5.41, 5.74) is 4.16. The van der Waals surface area contributed by atoms with Crippen LogP contribution in [-0.4, -0.2) is 61.6 Å². The van der Waals surface area contributed by atoms with Crippen LogP contribution in [0.5, 0.6) is 0 Å². The lowest BCUT2D eigenvalue weighted by Crippen LogP contribution is -2.45. The van der Waals surface area contributed by atoms with E-state index in [0.717, 1.165) is 49.7 Å². The summed E-state index contributed by atoms with van der Waals surface area (Å²) in [6.45, 7) is 1.87. The second-order valence-electron chi connectivity index (χ2n) is 9.55. The van der Waals surface area contributed by atoms with E-state index < -0.39 is 0 Å². The van der Waals surface area contributed by atoms with E-state index in [2.05, 4.69) is 33.4 Å². The number of piperidine rings is 1. The minimum absolute atomic E-state index is 0.0401. The van der Waals surface area contributed by atoms with Gasteiger partial charge in [0.2, 0.25) is 5.91 Å². The van der Waals surface area contributed by atoms with Gasteiger partial charge in [-0.05, 0) is 72.5 Å². The van der Waals surface area contributed by atoms with Crippen molar-refractivity contribution in [2.75, 3.05) is 38.8 Å². The molecule has 1 saturated heterocycles. The SMILES string of the molecule is COCC(=O)NC1CCc2ccc(C(=O)N(C)C3CCN(c4ccc5cnccc5c4)CC3)cc21. The zero-order valence-electron chi connectivity index (χ0n) is 20.4. The predicted molar refractivity (Wildman–Crippen MR) is 137 cm³/mol. The Morgan fingerprint density at radius 3 is 2.71 bits per heavy atom. The zero-order chi connectivity index (χ0) is 24.4. The number of methoxy groups -OCH3 is 1. The molecule has 5 rings (SSSR count). The number of nitrogens with zero attached hydrogens (tertiary/aromatic N) is 3. The molecule has 1 aliphatic carbocycles. The number of hydrogen-bond donors (Lipinski definition) is 1. The first-order chi connectivity index (χ1) is 17.0. The summed E-state index contributed by atoms with van der Waals surface area (Å²) >= 11 is 0. The maximum absolute atomic E-state index is 13.4. The molecule has 1 N–H and O–H groups in total. The van der Waals surface area contributed by atoms with Gasteiger partial charge in [0.25, 0.3) is 5.91 Å². The number of rotatable bonds is 6. The van der Waals surface area contributed by atoms with Gasteiger partial charge in [0.15, 0.2) is 0 Å². The van der Waals surface area contributed by atoms with Gasteiger partial charge in [-0.1, -0.05) is 12.1 Å². The number of aromatic nitrogens is 1. The van der Waals surface area contributed by atoms with Gasteiger partial charge in [-0.2, -0.15) is 0 Å². The van der Waals surface area contributed by atoms with Crippen LogP contribution >= 0.6 is 0 Å². The third kappa shape index (κ3) is 4.86. The maximum atomic E-state index is 13.4. The molecule has 1 aromatic heterocycles. The van der Waals surface area contributed by atoms with Crippen LogP contribution in [-0.2, 0) is 16.0 Å². The molecule has 0 radical (unpaired) electrons. The molecule has 0 saturated carbocycles. The predicted octanol–water partition coefficient (Wildman–Crippen LogP) is 3.73. The summed E-state index contributed by atoms with van der Waals surface area (Å²) in [4.78, 5) is 33.9. The van der Waals surface area contributed by atoms with Gasteiger partial charge in [-0.25, -0.2) is 0 Å². The van der Waals surface area contributed by atoms with Crippen LogP contribution in [0.3, 0.4) is 0 Å². The Kier molecular flexibility index (Phi) is 6.68. The Morgan fingerprint density at radius 1 is 1.09 bits per heavy atom. The highest BCUT2D eigenvalue weighted by atomic mass is 16.5. The van der Waals surface area contributed by atoms with E-state index in [1.165, 1.54) is 23.7 Å². The summed E-state index contributed by atoms with van der Waals surface area (Å²) in [5, 5.41) is 5.37. The largest absolute Gasteiger partial charge is 0.375 e. The number of anilines is 1. The lowest BCUT2D eigenvalue weighted by atomic mass is 10.00. The molecule has 2 aromatic carbocycles. The molecule has 0 bridgehead atoms. The number of ether oxygens (including phenoxy) is 1. The maximum Gasteiger partial charge on any atom is 0.253 e. The first kappa shape index (κ1) is 23.3. The summed E-state index contributed by atoms with van der Waals surface area (Å²) in [6, 6.07) is 14.6. The Balaban J connectivity index is 1.23. The molecule has 1 aliphatic heterocycles. The van der Waals surface area contributed by atoms with Gasteiger partial charge in [-0.15, -0.1) is 0 Å². The number of hydrogen-bond acceptors (Lipinski definition) is 5. The molecule has 3 aromatic rings. The smallest absolute Gasteiger partial charge is 0.253 e. The number of fused-ring (bicyclic) bond motifs is 2. The molecule has 7 heteroatoms. The van der Waals surface area contributed by atoms with E-state index in [-0.39, 0.29) is 30.5 Å². The van der Waals surface area contributed by atoms with Crippen molar-refractivity contribution in [3.63, 3.8) is 0 Å². The number of benzene rings is 2. The van der Waals surface area contributed by atoms with Crippen LogP contribution in [0.15, 0.2) is 54.9 Å². The van der Waals surface area contributed by atoms with Crippen LogP contribution in [0, 0.1) is 0 Å². The molecule has 182 valence electrons. The highest BCUT2D eigenvalue weighted by Gasteiger charge is 2.29. The quantitative estimate of drug-likeness (QED) is 0.592. The van der Waals surface area contributed by atoms with Crippen LogP contribution in [0.25, 0.3) is 10.8 Å². The average molecular weight is 473 g/mol. The number of aryl methyl sites for hydroxylation is 1. The van der Waals surface area contributed by atoms with Crippen molar-refractivity contribution in [1.29, 1.82) is 0 Å². The Morgan fingerprint density at radius 2 is 1.91 bits per heavy atom. The molecular formula is C28H32N4O3. The van der Waals surface area contributed by atoms with E-state index in [0.29, 0.717) is 5.56 Å². The molecule has 2 heterocycles. The lowest BCUT2D eigenvalue weighted by Gasteiger charge is -2.38. The highest BCUT2D eigenvalue weighted by Crippen LogP contribution is 2.32. The van der Waals surface area contributed by atoms with Crippen molar-refractivity contribution in [3.05, 3.63) is 71.5 Å². The Bertz CT molecular complexity index is 1240. The average Bonchev–Trinajstić information content (AvgIpc) is 3.29. The van der Waals surface area contributed by atoms with Crippen molar-refractivity contribution in [1.82, 2.24) is 15.2 Å². The third-order valence-corrected chi connectivity index (χ3v) is 7.40. The molecule has 0 spiro atoms. The van der Waals surface area contributed by atoms with Crippen molar-refractivity contribution in [2.24, 2.45) is 0 Å². The summed E-state index contributed by atoms with van der Waals surface area (Å²) in [6.07, 6.45) is 7.33. The second-order valence-corrected chi connectivity index (χ2v) is 9.55. The number of pyridine rings is 1. The molecule has 35 heavy (non-hydrogen) atoms. The third-order valence-electron chi connectivity index (χ3n) is 7.40. The summed E-state index contributed by atoms with van der Waals surface area (Å²) < 4.78 is 4.94. The zero-order valence-corrected chi connectivity index (χ0v) is 20.4. The molecule has 1 unspecified atom stereocenters. The van der Waals surface area contributed by atoms with E-state index in [1.54, 1.807) is 0 Å². The number of amides is 2. The van der Waals surface area contributed by atoms with E-state index in [1.807, 2.05) is 48.6 Å². The molecule has 7 nitrogen and oxygen atoms in total. The number of carbonyl (C=O) groups is 2. The van der Waals surface area contributed by atoms with E-state index in [4.69, 9.17) is 4.74 Å². The van der Waals surface area contributed by atoms with Gasteiger partial charge in [0.1, 0.15) is 6.61 Å². The van der Waals surface area contributed by atoms with Gasteiger partial charge in [0.05, 0.1) is 6.04 Å². The molecule has 2 amide bonds. The molecular weight excluding hydrogens is 440 g/mol. The minimum Gasteiger partial charge on any atom is -0.375 e. The van der Waals surface area contributed by atoms with Crippen molar-refractivity contribution < 1.29 is 14.3 Å². The first-order valence-electron chi connectivity index (χ1n) is 12.3. The minimum atomic E-state index is -0.131. The van der Waals surface area contributed by atoms with Crippen LogP contribution in [0.4, 0.5) is 5.69 Å². The molecule has 1 atom stereocenters. The summed E-state index contributed by atoms with van der Waals surface area (Å²) in [5.74, 6) is -0.0904. The van der Waals surface area contributed by atoms with Crippen LogP contribution in [0.2, 0.25) is 0 Å². The standard InChI is InChI=1S/C28H32N4O3/c1-31(23-10-13-32(14-11-23)24-7-5-22-17-29-12-9-20(22)15-24)28(34)21-4-3-19-6-8-26(25(19)16-21)30-27(33)18-35-2/h3-5,7,9,12,15-17,23,26H,6,8,10-11,13-14,18H2,1-2H3,(H,30,33). The van der Waals surface area contributed by atoms with Crippen molar-refractivity contribution >= 4 is 28.3 Å². The first-order valence-corrected chi connectivity index (χ1v) is 12.3. The monoisotopic (exact) mass is 472 g/mol. The van der Waals surface area contributed by atoms with Crippen molar-refractivity contribution in [2.45, 2.75) is 37.8 Å². The molecule has 1 fully saturated rings. The van der Waals surface area contributed by atoms with Gasteiger partial charge >= 0.3 is 0 Å². The van der Waals surface area contributed by atoms with Crippen LogP contribution in [0.1, 0.15) is 46.8 Å². The Labute approximate surface area is 206 Å². The topological polar surface area (TPSA) is 74.8 Å². The summed E-state index contributed by atoms with van der Waals surface area (Å²) in [7, 11) is 3.43. The fraction of sp³-hybridized carbons (Fsp3) is 0.393. The van der Waals surface area contributed by atoms with Crippen molar-refractivity contribution in [3.8, 4) is 0 Å². The fourth-order valence-electron chi connectivity index (χ4n) is 5.40. The highest BCUT2D eigenvalue weighted by molar-refractivity contribution is 5.94. The lowest BCUT2D eigenvalue weighted by molar-refractivity contribution is -0.125. The second kappa shape index (κ2) is 10.0. The van der Waals surface area contributed by atoms with Gasteiger partial charge in [-0.3, -0.25) is 14.6 Å². The van der Waals surface area contributed by atoms with E-state index >= 15 is 0 Å². The molecule has 2 aliphatic rings. The number of nitrogens with one attached hydrogen (secondary N) is 1. The number of carbonyl (C=O) groups excluding carboxylic acids is 2. The normalized spacial score (nSPS) is 17.9. The van der Waals surface area contributed by atoms with E-state index in [9.17, 15) is 9.59 Å². The van der Waals surface area contributed by atoms with Crippen LogP contribution < -0.4 is 10.2 Å². The van der Waals surface area contributed by atoms with Gasteiger partial charge in [0, 0.05) is 62.3 Å².